The number of amides is 2. The van der Waals surface area contributed by atoms with Gasteiger partial charge in [0.05, 0.1) is 30.0 Å². The maximum Gasteiger partial charge on any atom is 0.237 e. The highest BCUT2D eigenvalue weighted by atomic mass is 16.2. The lowest BCUT2D eigenvalue weighted by atomic mass is 10.1. The first-order chi connectivity index (χ1) is 9.90. The van der Waals surface area contributed by atoms with E-state index in [2.05, 4.69) is 20.6 Å². The summed E-state index contributed by atoms with van der Waals surface area (Å²) in [4.78, 5) is 26.3. The molecule has 2 rings (SSSR count). The third-order valence-electron chi connectivity index (χ3n) is 3.92. The van der Waals surface area contributed by atoms with E-state index in [-0.39, 0.29) is 24.3 Å². The van der Waals surface area contributed by atoms with Crippen molar-refractivity contribution in [2.75, 3.05) is 18.4 Å². The van der Waals surface area contributed by atoms with E-state index in [1.807, 2.05) is 27.8 Å². The number of aromatic nitrogens is 2. The summed E-state index contributed by atoms with van der Waals surface area (Å²) in [5.74, 6) is -0.244. The molecule has 2 N–H and O–H groups in total. The van der Waals surface area contributed by atoms with Gasteiger partial charge >= 0.3 is 0 Å². The summed E-state index contributed by atoms with van der Waals surface area (Å²) in [5.41, 5.74) is 1.58. The molecule has 1 aromatic rings. The van der Waals surface area contributed by atoms with Crippen LogP contribution in [0, 0.1) is 6.92 Å². The molecule has 1 atom stereocenters. The Morgan fingerprint density at radius 2 is 2.29 bits per heavy atom. The first-order valence-electron chi connectivity index (χ1n) is 7.22. The normalized spacial score (nSPS) is 19.7. The molecule has 0 bridgehead atoms. The lowest BCUT2D eigenvalue weighted by molar-refractivity contribution is -0.133. The summed E-state index contributed by atoms with van der Waals surface area (Å²) in [5, 5.41) is 9.74. The minimum atomic E-state index is -0.407. The van der Waals surface area contributed by atoms with Crippen molar-refractivity contribution >= 4 is 17.5 Å². The second-order valence-electron chi connectivity index (χ2n) is 5.66. The molecule has 116 valence electrons. The quantitative estimate of drug-likeness (QED) is 0.835. The minimum absolute atomic E-state index is 0.0759. The Hall–Kier alpha value is -1.89. The van der Waals surface area contributed by atoms with Gasteiger partial charge in [-0.3, -0.25) is 19.2 Å². The van der Waals surface area contributed by atoms with Gasteiger partial charge in [0.2, 0.25) is 11.8 Å². The van der Waals surface area contributed by atoms with E-state index in [1.165, 1.54) is 0 Å². The van der Waals surface area contributed by atoms with E-state index < -0.39 is 6.04 Å². The standard InChI is InChI=1S/C14H23N5O2/c1-9(2)19-6-5-15-14(21)12(19)7-13(20)17-11-8-16-18(4)10(11)3/h8-9,12H,5-7H2,1-4H3,(H,15,21)(H,17,20). The van der Waals surface area contributed by atoms with Crippen molar-refractivity contribution in [3.63, 3.8) is 0 Å². The van der Waals surface area contributed by atoms with Gasteiger partial charge in [-0.15, -0.1) is 0 Å². The minimum Gasteiger partial charge on any atom is -0.353 e. The molecule has 7 heteroatoms. The molecule has 0 radical (unpaired) electrons. The highest BCUT2D eigenvalue weighted by Gasteiger charge is 2.33. The number of carbonyl (C=O) groups is 2. The lowest BCUT2D eigenvalue weighted by Gasteiger charge is -2.37. The highest BCUT2D eigenvalue weighted by molar-refractivity contribution is 5.95. The fraction of sp³-hybridized carbons (Fsp3) is 0.643. The average molecular weight is 293 g/mol. The molecule has 21 heavy (non-hydrogen) atoms. The van der Waals surface area contributed by atoms with Gasteiger partial charge in [-0.25, -0.2) is 0 Å². The molecule has 7 nitrogen and oxygen atoms in total. The van der Waals surface area contributed by atoms with Gasteiger partial charge in [-0.1, -0.05) is 0 Å². The summed E-state index contributed by atoms with van der Waals surface area (Å²) in [6.07, 6.45) is 1.77. The van der Waals surface area contributed by atoms with E-state index in [0.717, 1.165) is 12.2 Å². The number of rotatable bonds is 4. The van der Waals surface area contributed by atoms with E-state index >= 15 is 0 Å². The Labute approximate surface area is 124 Å². The van der Waals surface area contributed by atoms with Crippen LogP contribution in [-0.2, 0) is 16.6 Å². The third-order valence-corrected chi connectivity index (χ3v) is 3.92. The molecule has 1 fully saturated rings. The van der Waals surface area contributed by atoms with Crippen molar-refractivity contribution in [3.05, 3.63) is 11.9 Å². The maximum absolute atomic E-state index is 12.2. The van der Waals surface area contributed by atoms with Crippen molar-refractivity contribution in [2.45, 2.75) is 39.3 Å². The fourth-order valence-electron chi connectivity index (χ4n) is 2.56. The van der Waals surface area contributed by atoms with Crippen molar-refractivity contribution in [1.82, 2.24) is 20.0 Å². The molecule has 1 aliphatic rings. The summed E-state index contributed by atoms with van der Waals surface area (Å²) in [6.45, 7) is 7.37. The fourth-order valence-corrected chi connectivity index (χ4v) is 2.56. The Kier molecular flexibility index (Phi) is 4.62. The number of nitrogens with one attached hydrogen (secondary N) is 2. The van der Waals surface area contributed by atoms with Crippen LogP contribution < -0.4 is 10.6 Å². The van der Waals surface area contributed by atoms with E-state index in [4.69, 9.17) is 0 Å². The zero-order valence-corrected chi connectivity index (χ0v) is 13.0. The van der Waals surface area contributed by atoms with Crippen molar-refractivity contribution < 1.29 is 9.59 Å². The van der Waals surface area contributed by atoms with Gasteiger partial charge in [0.15, 0.2) is 0 Å². The van der Waals surface area contributed by atoms with Crippen LogP contribution in [0.25, 0.3) is 0 Å². The summed E-state index contributed by atoms with van der Waals surface area (Å²) in [6, 6.07) is -0.176. The summed E-state index contributed by atoms with van der Waals surface area (Å²) in [7, 11) is 1.82. The molecule has 1 unspecified atom stereocenters. The first kappa shape index (κ1) is 15.5. The number of aryl methyl sites for hydroxylation is 1. The topological polar surface area (TPSA) is 79.3 Å². The van der Waals surface area contributed by atoms with E-state index in [0.29, 0.717) is 12.2 Å². The molecule has 1 saturated heterocycles. The van der Waals surface area contributed by atoms with Gasteiger partial charge in [0.1, 0.15) is 0 Å². The number of hydrogen-bond acceptors (Lipinski definition) is 4. The van der Waals surface area contributed by atoms with Crippen LogP contribution in [0.3, 0.4) is 0 Å². The molecular weight excluding hydrogens is 270 g/mol. The number of piperazine rings is 1. The van der Waals surface area contributed by atoms with Crippen LogP contribution in [0.4, 0.5) is 5.69 Å². The number of hydrogen-bond donors (Lipinski definition) is 2. The first-order valence-corrected chi connectivity index (χ1v) is 7.22. The molecule has 0 saturated carbocycles. The molecule has 2 amide bonds. The molecule has 1 aliphatic heterocycles. The van der Waals surface area contributed by atoms with Crippen LogP contribution in [0.1, 0.15) is 26.0 Å². The average Bonchev–Trinajstić information content (AvgIpc) is 2.73. The number of carbonyl (C=O) groups excluding carboxylic acids is 2. The second-order valence-corrected chi connectivity index (χ2v) is 5.66. The van der Waals surface area contributed by atoms with E-state index in [9.17, 15) is 9.59 Å². The Morgan fingerprint density at radius 3 is 2.86 bits per heavy atom. The van der Waals surface area contributed by atoms with E-state index in [1.54, 1.807) is 10.9 Å². The SMILES string of the molecule is Cc1c(NC(=O)CC2C(=O)NCCN2C(C)C)cnn1C. The number of anilines is 1. The molecule has 2 heterocycles. The molecule has 1 aromatic heterocycles. The lowest BCUT2D eigenvalue weighted by Crippen LogP contribution is -2.58. The van der Waals surface area contributed by atoms with Crippen molar-refractivity contribution in [1.29, 1.82) is 0 Å². The molecule has 0 aliphatic carbocycles. The molecular formula is C14H23N5O2. The molecule has 0 spiro atoms. The van der Waals surface area contributed by atoms with Gasteiger partial charge < -0.3 is 10.6 Å². The van der Waals surface area contributed by atoms with Gasteiger partial charge in [-0.2, -0.15) is 5.10 Å². The van der Waals surface area contributed by atoms with Crippen LogP contribution in [0.5, 0.6) is 0 Å². The smallest absolute Gasteiger partial charge is 0.237 e. The Bertz CT molecular complexity index is 537. The zero-order valence-electron chi connectivity index (χ0n) is 13.0. The van der Waals surface area contributed by atoms with Gasteiger partial charge in [-0.05, 0) is 20.8 Å². The Balaban J connectivity index is 2.03. The van der Waals surface area contributed by atoms with Crippen molar-refractivity contribution in [3.8, 4) is 0 Å². The summed E-state index contributed by atoms with van der Waals surface area (Å²) >= 11 is 0. The van der Waals surface area contributed by atoms with Crippen LogP contribution >= 0.6 is 0 Å². The summed E-state index contributed by atoms with van der Waals surface area (Å²) < 4.78 is 1.70. The maximum atomic E-state index is 12.2. The highest BCUT2D eigenvalue weighted by Crippen LogP contribution is 2.16. The monoisotopic (exact) mass is 293 g/mol. The van der Waals surface area contributed by atoms with Crippen LogP contribution in [0.2, 0.25) is 0 Å². The molecule has 0 aromatic carbocycles. The zero-order chi connectivity index (χ0) is 15.6. The predicted octanol–water partition coefficient (Wildman–Crippen LogP) is 0.266. The number of nitrogens with zero attached hydrogens (tertiary/aromatic N) is 3. The largest absolute Gasteiger partial charge is 0.353 e. The Morgan fingerprint density at radius 1 is 1.57 bits per heavy atom. The third kappa shape index (κ3) is 3.41. The van der Waals surface area contributed by atoms with Gasteiger partial charge in [0, 0.05) is 26.2 Å². The predicted molar refractivity (Wildman–Crippen MR) is 79.8 cm³/mol. The second kappa shape index (κ2) is 6.26. The van der Waals surface area contributed by atoms with Gasteiger partial charge in [0.25, 0.3) is 0 Å². The van der Waals surface area contributed by atoms with Crippen molar-refractivity contribution in [2.24, 2.45) is 7.05 Å². The van der Waals surface area contributed by atoms with Crippen LogP contribution in [-0.4, -0.2) is 51.7 Å². The van der Waals surface area contributed by atoms with Crippen LogP contribution in [0.15, 0.2) is 6.20 Å².